The van der Waals surface area contributed by atoms with Crippen LogP contribution in [-0.4, -0.2) is 7.11 Å². The van der Waals surface area contributed by atoms with Crippen molar-refractivity contribution in [3.05, 3.63) is 34.9 Å². The normalized spacial score (nSPS) is 17.7. The van der Waals surface area contributed by atoms with Crippen molar-refractivity contribution < 1.29 is 4.74 Å². The Morgan fingerprint density at radius 2 is 1.79 bits per heavy atom. The molecule has 0 N–H and O–H groups in total. The second-order valence-corrected chi connectivity index (χ2v) is 7.32. The Balaban J connectivity index is 2.70. The summed E-state index contributed by atoms with van der Waals surface area (Å²) in [5, 5.41) is 0. The lowest BCUT2D eigenvalue weighted by atomic mass is 9.68. The fourth-order valence-corrected chi connectivity index (χ4v) is 2.98. The molecule has 1 aliphatic carbocycles. The van der Waals surface area contributed by atoms with E-state index in [1.54, 1.807) is 7.11 Å². The lowest BCUT2D eigenvalue weighted by Gasteiger charge is -2.37. The molecule has 1 aromatic carbocycles. The highest BCUT2D eigenvalue weighted by Gasteiger charge is 2.32. The van der Waals surface area contributed by atoms with Crippen LogP contribution in [0.25, 0.3) is 5.57 Å². The van der Waals surface area contributed by atoms with E-state index in [1.165, 1.54) is 22.3 Å². The molecule has 0 heterocycles. The van der Waals surface area contributed by atoms with Gasteiger partial charge in [0, 0.05) is 0 Å². The zero-order chi connectivity index (χ0) is 14.4. The van der Waals surface area contributed by atoms with E-state index in [4.69, 9.17) is 4.74 Å². The molecule has 0 bridgehead atoms. The monoisotopic (exact) mass is 258 g/mol. The summed E-state index contributed by atoms with van der Waals surface area (Å²) in [4.78, 5) is 0. The van der Waals surface area contributed by atoms with Crippen LogP contribution in [0.1, 0.15) is 57.7 Å². The van der Waals surface area contributed by atoms with Crippen LogP contribution >= 0.6 is 0 Å². The van der Waals surface area contributed by atoms with E-state index in [1.807, 2.05) is 0 Å². The van der Waals surface area contributed by atoms with E-state index in [-0.39, 0.29) is 10.8 Å². The Morgan fingerprint density at radius 1 is 1.16 bits per heavy atom. The molecule has 19 heavy (non-hydrogen) atoms. The highest BCUT2D eigenvalue weighted by molar-refractivity contribution is 5.76. The fourth-order valence-electron chi connectivity index (χ4n) is 2.98. The number of hydrogen-bond acceptors (Lipinski definition) is 1. The van der Waals surface area contributed by atoms with Crippen molar-refractivity contribution in [2.24, 2.45) is 5.41 Å². The molecule has 0 saturated heterocycles. The first kappa shape index (κ1) is 14.2. The number of benzene rings is 1. The molecule has 0 saturated carbocycles. The molecule has 1 aliphatic rings. The molecule has 1 aromatic rings. The third-order valence-corrected chi connectivity index (χ3v) is 4.18. The van der Waals surface area contributed by atoms with E-state index >= 15 is 0 Å². The minimum absolute atomic E-state index is 0.172. The molecular formula is C18H26O. The Morgan fingerprint density at radius 3 is 2.32 bits per heavy atom. The largest absolute Gasteiger partial charge is 0.496 e. The second kappa shape index (κ2) is 4.40. The fraction of sp³-hybridized carbons (Fsp3) is 0.556. The molecule has 0 aromatic heterocycles. The molecule has 0 aliphatic heterocycles. The number of allylic oxidation sites excluding steroid dienone is 2. The van der Waals surface area contributed by atoms with Gasteiger partial charge in [-0.3, -0.25) is 0 Å². The van der Waals surface area contributed by atoms with Crippen LogP contribution < -0.4 is 4.74 Å². The quantitative estimate of drug-likeness (QED) is 0.679. The molecule has 0 amide bonds. The number of fused-ring (bicyclic) bond motifs is 1. The third-order valence-electron chi connectivity index (χ3n) is 4.18. The maximum Gasteiger partial charge on any atom is 0.122 e. The van der Waals surface area contributed by atoms with Gasteiger partial charge in [0.25, 0.3) is 0 Å². The van der Waals surface area contributed by atoms with Gasteiger partial charge in [-0.15, -0.1) is 0 Å². The van der Waals surface area contributed by atoms with Crippen molar-refractivity contribution >= 4 is 5.57 Å². The van der Waals surface area contributed by atoms with Crippen LogP contribution in [-0.2, 0) is 5.41 Å². The summed E-state index contributed by atoms with van der Waals surface area (Å²) in [5.41, 5.74) is 5.88. The minimum atomic E-state index is 0.172. The summed E-state index contributed by atoms with van der Waals surface area (Å²) >= 11 is 0. The van der Waals surface area contributed by atoms with Crippen LogP contribution in [0.4, 0.5) is 0 Å². The van der Waals surface area contributed by atoms with E-state index in [0.29, 0.717) is 0 Å². The highest BCUT2D eigenvalue weighted by atomic mass is 16.5. The van der Waals surface area contributed by atoms with E-state index < -0.39 is 0 Å². The maximum absolute atomic E-state index is 5.51. The first-order valence-corrected chi connectivity index (χ1v) is 7.07. The average Bonchev–Trinajstić information content (AvgIpc) is 2.27. The van der Waals surface area contributed by atoms with Crippen molar-refractivity contribution in [3.63, 3.8) is 0 Å². The first-order valence-electron chi connectivity index (χ1n) is 7.07. The summed E-state index contributed by atoms with van der Waals surface area (Å²) in [6.45, 7) is 13.6. The lowest BCUT2D eigenvalue weighted by Crippen LogP contribution is -2.25. The Labute approximate surface area is 117 Å². The van der Waals surface area contributed by atoms with Crippen LogP contribution in [0.15, 0.2) is 18.2 Å². The zero-order valence-corrected chi connectivity index (χ0v) is 13.3. The topological polar surface area (TPSA) is 9.23 Å². The predicted octanol–water partition coefficient (Wildman–Crippen LogP) is 5.11. The molecule has 1 nitrogen and oxygen atoms in total. The number of ether oxygens (including phenoxy) is 1. The van der Waals surface area contributed by atoms with E-state index in [9.17, 15) is 0 Å². The van der Waals surface area contributed by atoms with Crippen LogP contribution in [0.3, 0.4) is 0 Å². The first-order chi connectivity index (χ1) is 8.66. The third kappa shape index (κ3) is 2.43. The van der Waals surface area contributed by atoms with Crippen molar-refractivity contribution in [3.8, 4) is 5.75 Å². The van der Waals surface area contributed by atoms with Crippen LogP contribution in [0.5, 0.6) is 5.75 Å². The van der Waals surface area contributed by atoms with Gasteiger partial charge in [0.2, 0.25) is 0 Å². The van der Waals surface area contributed by atoms with E-state index in [2.05, 4.69) is 59.8 Å². The maximum atomic E-state index is 5.51. The Kier molecular flexibility index (Phi) is 3.28. The van der Waals surface area contributed by atoms with E-state index in [0.717, 1.165) is 12.2 Å². The van der Waals surface area contributed by atoms with Crippen LogP contribution in [0.2, 0.25) is 0 Å². The standard InChI is InChI=1S/C18H26O/c1-12-10-15-13(11-16(12)19-7)14(17(2,3)4)8-9-18(15,5)6/h8,10-11H,9H2,1-7H3. The molecule has 104 valence electrons. The van der Waals surface area contributed by atoms with Gasteiger partial charge in [-0.1, -0.05) is 46.8 Å². The summed E-state index contributed by atoms with van der Waals surface area (Å²) in [5.74, 6) is 0.992. The molecule has 0 fully saturated rings. The molecule has 0 radical (unpaired) electrons. The SMILES string of the molecule is COc1cc2c(cc1C)C(C)(C)CC=C2C(C)(C)C. The Bertz CT molecular complexity index is 527. The number of aryl methyl sites for hydroxylation is 1. The summed E-state index contributed by atoms with van der Waals surface area (Å²) < 4.78 is 5.51. The molecule has 2 rings (SSSR count). The van der Waals surface area contributed by atoms with Crippen molar-refractivity contribution in [1.82, 2.24) is 0 Å². The number of methoxy groups -OCH3 is 1. The molecule has 0 unspecified atom stereocenters. The average molecular weight is 258 g/mol. The summed E-state index contributed by atoms with van der Waals surface area (Å²) in [6.07, 6.45) is 3.52. The Hall–Kier alpha value is -1.24. The van der Waals surface area contributed by atoms with Crippen molar-refractivity contribution in [1.29, 1.82) is 0 Å². The van der Waals surface area contributed by atoms with Gasteiger partial charge >= 0.3 is 0 Å². The van der Waals surface area contributed by atoms with Crippen molar-refractivity contribution in [2.75, 3.05) is 7.11 Å². The predicted molar refractivity (Wildman–Crippen MR) is 82.8 cm³/mol. The van der Waals surface area contributed by atoms with Gasteiger partial charge < -0.3 is 4.74 Å². The molecule has 1 heteroatoms. The smallest absolute Gasteiger partial charge is 0.122 e. The minimum Gasteiger partial charge on any atom is -0.496 e. The molecular weight excluding hydrogens is 232 g/mol. The highest BCUT2D eigenvalue weighted by Crippen LogP contribution is 2.47. The van der Waals surface area contributed by atoms with Gasteiger partial charge in [-0.2, -0.15) is 0 Å². The zero-order valence-electron chi connectivity index (χ0n) is 13.3. The van der Waals surface area contributed by atoms with Crippen molar-refractivity contribution in [2.45, 2.75) is 53.4 Å². The summed E-state index contributed by atoms with van der Waals surface area (Å²) in [7, 11) is 1.75. The number of rotatable bonds is 1. The van der Waals surface area contributed by atoms with Gasteiger partial charge in [0.1, 0.15) is 5.75 Å². The van der Waals surface area contributed by atoms with Gasteiger partial charge in [0.15, 0.2) is 0 Å². The second-order valence-electron chi connectivity index (χ2n) is 7.32. The molecule has 0 atom stereocenters. The van der Waals surface area contributed by atoms with Gasteiger partial charge in [-0.25, -0.2) is 0 Å². The lowest BCUT2D eigenvalue weighted by molar-refractivity contribution is 0.409. The van der Waals surface area contributed by atoms with Crippen LogP contribution in [0, 0.1) is 12.3 Å². The number of hydrogen-bond donors (Lipinski definition) is 0. The van der Waals surface area contributed by atoms with Gasteiger partial charge in [0.05, 0.1) is 7.11 Å². The summed E-state index contributed by atoms with van der Waals surface area (Å²) in [6, 6.07) is 4.54. The molecule has 0 spiro atoms. The van der Waals surface area contributed by atoms with Gasteiger partial charge in [-0.05, 0) is 52.5 Å².